The van der Waals surface area contributed by atoms with E-state index in [1.165, 1.54) is 0 Å². The van der Waals surface area contributed by atoms with E-state index in [1.54, 1.807) is 0 Å². The van der Waals surface area contributed by atoms with Crippen molar-refractivity contribution in [3.8, 4) is 0 Å². The summed E-state index contributed by atoms with van der Waals surface area (Å²) in [6.45, 7) is 13.4. The molecule has 0 heterocycles. The van der Waals surface area contributed by atoms with Crippen molar-refractivity contribution in [2.75, 3.05) is 40.0 Å². The van der Waals surface area contributed by atoms with Crippen molar-refractivity contribution in [3.05, 3.63) is 64.2 Å². The van der Waals surface area contributed by atoms with Crippen molar-refractivity contribution >= 4 is 15.8 Å². The average molecular weight is 374 g/mol. The summed E-state index contributed by atoms with van der Waals surface area (Å²) >= 11 is 0. The van der Waals surface area contributed by atoms with Crippen LogP contribution < -0.4 is 0 Å². The second-order valence-corrected chi connectivity index (χ2v) is 9.97. The molecule has 0 bridgehead atoms. The first kappa shape index (κ1) is 25.7. The van der Waals surface area contributed by atoms with E-state index in [-0.39, 0.29) is 26.2 Å². The van der Waals surface area contributed by atoms with Crippen LogP contribution in [0.25, 0.3) is 0 Å². The van der Waals surface area contributed by atoms with Crippen LogP contribution in [0.2, 0.25) is 0 Å². The van der Waals surface area contributed by atoms with Crippen LogP contribution in [0.1, 0.15) is 0 Å². The van der Waals surface area contributed by atoms with Gasteiger partial charge >= 0.3 is 0 Å². The molecule has 2 aliphatic rings. The van der Waals surface area contributed by atoms with Crippen LogP contribution in [-0.2, 0) is 26.2 Å². The molecule has 10 radical (unpaired) electrons. The minimum Gasteiger partial charge on any atom is -0.116 e. The van der Waals surface area contributed by atoms with Crippen LogP contribution in [-0.4, -0.2) is 40.0 Å². The molecular formula is C16H28P2Zr. The van der Waals surface area contributed by atoms with E-state index in [4.69, 9.17) is 0 Å². The largest absolute Gasteiger partial charge is 0.116 e. The van der Waals surface area contributed by atoms with Crippen LogP contribution >= 0.6 is 15.8 Å². The molecule has 0 saturated heterocycles. The second-order valence-electron chi connectivity index (χ2n) is 4.61. The van der Waals surface area contributed by atoms with E-state index in [0.29, 0.717) is 15.8 Å². The summed E-state index contributed by atoms with van der Waals surface area (Å²) in [6, 6.07) is 0. The Balaban J connectivity index is -0.000000178. The molecule has 2 rings (SSSR count). The molecule has 0 aromatic rings. The summed E-state index contributed by atoms with van der Waals surface area (Å²) < 4.78 is 0. The summed E-state index contributed by atoms with van der Waals surface area (Å²) in [5.41, 5.74) is 0. The zero-order valence-corrected chi connectivity index (χ0v) is 17.4. The molecule has 2 saturated carbocycles. The zero-order valence-electron chi connectivity index (χ0n) is 13.2. The Kier molecular flexibility index (Phi) is 29.8. The molecule has 0 atom stereocenters. The zero-order chi connectivity index (χ0) is 14.2. The molecule has 2 fully saturated rings. The summed E-state index contributed by atoms with van der Waals surface area (Å²) in [5, 5.41) is 0. The van der Waals surface area contributed by atoms with Gasteiger partial charge in [-0.15, -0.1) is 15.8 Å². The van der Waals surface area contributed by atoms with E-state index in [0.717, 1.165) is 0 Å². The first-order valence-electron chi connectivity index (χ1n) is 6.02. The molecule has 0 amide bonds. The molecule has 0 spiro atoms. The van der Waals surface area contributed by atoms with E-state index >= 15 is 0 Å². The van der Waals surface area contributed by atoms with Crippen LogP contribution in [0.5, 0.6) is 0 Å². The Labute approximate surface area is 145 Å². The normalized spacial score (nSPS) is 16.4. The van der Waals surface area contributed by atoms with Crippen molar-refractivity contribution in [2.24, 2.45) is 0 Å². The van der Waals surface area contributed by atoms with E-state index in [2.05, 4.69) is 40.0 Å². The molecule has 0 nitrogen and oxygen atoms in total. The minimum atomic E-state index is 0. The molecule has 0 aliphatic heterocycles. The monoisotopic (exact) mass is 372 g/mol. The minimum absolute atomic E-state index is 0. The van der Waals surface area contributed by atoms with Gasteiger partial charge in [0, 0.05) is 26.2 Å². The van der Waals surface area contributed by atoms with Gasteiger partial charge in [-0.05, 0) is 104 Å². The van der Waals surface area contributed by atoms with E-state index in [9.17, 15) is 0 Å². The first-order valence-corrected chi connectivity index (χ1v) is 11.4. The average Bonchev–Trinajstić information content (AvgIpc) is 2.96. The fourth-order valence-corrected chi connectivity index (χ4v) is 0.642. The van der Waals surface area contributed by atoms with Gasteiger partial charge in [0.05, 0.1) is 0 Å². The van der Waals surface area contributed by atoms with Gasteiger partial charge in [0.2, 0.25) is 0 Å². The molecule has 0 aromatic carbocycles. The van der Waals surface area contributed by atoms with Gasteiger partial charge in [-0.3, -0.25) is 0 Å². The number of hydrogen-bond acceptors (Lipinski definition) is 0. The van der Waals surface area contributed by atoms with Crippen molar-refractivity contribution < 1.29 is 26.2 Å². The maximum Gasteiger partial charge on any atom is 0 e. The first-order chi connectivity index (χ1) is 8.46. The van der Waals surface area contributed by atoms with E-state index < -0.39 is 0 Å². The van der Waals surface area contributed by atoms with Crippen molar-refractivity contribution in [2.45, 2.75) is 0 Å². The number of rotatable bonds is 0. The predicted molar refractivity (Wildman–Crippen MR) is 92.4 cm³/mol. The number of hydrogen-bond donors (Lipinski definition) is 0. The fourth-order valence-electron chi connectivity index (χ4n) is 0.642. The van der Waals surface area contributed by atoms with Gasteiger partial charge < -0.3 is 0 Å². The van der Waals surface area contributed by atoms with Gasteiger partial charge in [-0.1, -0.05) is 0 Å². The van der Waals surface area contributed by atoms with Crippen LogP contribution in [0, 0.1) is 64.2 Å². The van der Waals surface area contributed by atoms with Crippen molar-refractivity contribution in [1.82, 2.24) is 0 Å². The Bertz CT molecular complexity index is 94.0. The molecule has 3 heteroatoms. The fraction of sp³-hybridized carbons (Fsp3) is 0.375. The Morgan fingerprint density at radius 1 is 0.368 bits per heavy atom. The third-order valence-corrected chi connectivity index (χ3v) is 1.11. The Hall–Kier alpha value is 1.74. The maximum atomic E-state index is 2.23. The Morgan fingerprint density at radius 2 is 0.421 bits per heavy atom. The quantitative estimate of drug-likeness (QED) is 0.537. The Morgan fingerprint density at radius 3 is 0.474 bits per heavy atom. The third kappa shape index (κ3) is 45.1. The molecule has 106 valence electrons. The van der Waals surface area contributed by atoms with Gasteiger partial charge in [0.15, 0.2) is 0 Å². The third-order valence-electron chi connectivity index (χ3n) is 1.11. The second kappa shape index (κ2) is 22.0. The van der Waals surface area contributed by atoms with Gasteiger partial charge in [-0.2, -0.15) is 0 Å². The van der Waals surface area contributed by atoms with Crippen LogP contribution in [0.3, 0.4) is 0 Å². The topological polar surface area (TPSA) is 0 Å². The van der Waals surface area contributed by atoms with Crippen LogP contribution in [0.4, 0.5) is 0 Å². The smallest absolute Gasteiger partial charge is 0 e. The van der Waals surface area contributed by atoms with Gasteiger partial charge in [-0.25, -0.2) is 0 Å². The van der Waals surface area contributed by atoms with Gasteiger partial charge in [0.1, 0.15) is 0 Å². The molecule has 0 N–H and O–H groups in total. The maximum absolute atomic E-state index is 2.23. The summed E-state index contributed by atoms with van der Waals surface area (Å²) in [4.78, 5) is 0. The molecule has 19 heavy (non-hydrogen) atoms. The molecule has 0 aromatic heterocycles. The van der Waals surface area contributed by atoms with Crippen LogP contribution in [0.15, 0.2) is 0 Å². The molecule has 2 aliphatic carbocycles. The molecule has 0 unspecified atom stereocenters. The summed E-state index contributed by atoms with van der Waals surface area (Å²) in [6.07, 6.45) is 20.0. The summed E-state index contributed by atoms with van der Waals surface area (Å²) in [5.74, 6) is 0. The SMILES string of the molecule is CP(C)C.CP(C)C.[CH]1[CH][CH][CH][CH]1.[CH]1[CH][CH][CH][CH]1.[Zr]. The predicted octanol–water partition coefficient (Wildman–Crippen LogP) is 4.76. The standard InChI is InChI=1S/2C5H5.2C3H9P.Zr/c2*1-2-4-5-3-1;2*1-4(2)3;/h2*1-5H;2*1-3H3;. The van der Waals surface area contributed by atoms with E-state index in [1.807, 2.05) is 64.2 Å². The van der Waals surface area contributed by atoms with Crippen molar-refractivity contribution in [3.63, 3.8) is 0 Å². The van der Waals surface area contributed by atoms with Gasteiger partial charge in [0.25, 0.3) is 0 Å². The summed E-state index contributed by atoms with van der Waals surface area (Å²) in [7, 11) is 0.759. The molecular weight excluding hydrogens is 345 g/mol. The van der Waals surface area contributed by atoms with Crippen molar-refractivity contribution in [1.29, 1.82) is 0 Å².